The van der Waals surface area contributed by atoms with Gasteiger partial charge in [0.2, 0.25) is 5.09 Å². The van der Waals surface area contributed by atoms with Crippen molar-refractivity contribution in [3.8, 4) is 0 Å². The van der Waals surface area contributed by atoms with E-state index < -0.39 is 10.0 Å². The van der Waals surface area contributed by atoms with E-state index >= 15 is 0 Å². The molecule has 1 atom stereocenters. The predicted molar refractivity (Wildman–Crippen MR) is 84.8 cm³/mol. The third-order valence-corrected chi connectivity index (χ3v) is 6.14. The average Bonchev–Trinajstić information content (AvgIpc) is 3.17. The van der Waals surface area contributed by atoms with Gasteiger partial charge in [-0.1, -0.05) is 0 Å². The smallest absolute Gasteiger partial charge is 0.276 e. The van der Waals surface area contributed by atoms with E-state index in [1.165, 1.54) is 21.7 Å². The monoisotopic (exact) mass is 355 g/mol. The van der Waals surface area contributed by atoms with Crippen LogP contribution in [-0.4, -0.2) is 54.2 Å². The van der Waals surface area contributed by atoms with Crippen molar-refractivity contribution in [1.82, 2.24) is 14.2 Å². The van der Waals surface area contributed by atoms with Crippen molar-refractivity contribution in [2.75, 3.05) is 19.6 Å². The molecule has 1 aliphatic heterocycles. The van der Waals surface area contributed by atoms with Gasteiger partial charge in [0.05, 0.1) is 5.51 Å². The Kier molecular flexibility index (Phi) is 4.26. The summed E-state index contributed by atoms with van der Waals surface area (Å²) < 4.78 is 31.8. The van der Waals surface area contributed by atoms with Gasteiger partial charge in [-0.15, -0.1) is 11.3 Å². The zero-order valence-electron chi connectivity index (χ0n) is 12.8. The van der Waals surface area contributed by atoms with Crippen molar-refractivity contribution in [2.45, 2.75) is 25.0 Å². The molecule has 2 aromatic rings. The van der Waals surface area contributed by atoms with Gasteiger partial charge in [0, 0.05) is 31.1 Å². The molecule has 2 aromatic heterocycles. The quantitative estimate of drug-likeness (QED) is 0.835. The van der Waals surface area contributed by atoms with Crippen LogP contribution < -0.4 is 0 Å². The largest absolute Gasteiger partial charge is 0.449 e. The second-order valence-electron chi connectivity index (χ2n) is 5.45. The van der Waals surface area contributed by atoms with Crippen molar-refractivity contribution in [1.29, 1.82) is 0 Å². The molecule has 124 valence electrons. The molecule has 3 heterocycles. The number of aromatic nitrogens is 1. The van der Waals surface area contributed by atoms with Gasteiger partial charge in [0.1, 0.15) is 11.5 Å². The predicted octanol–water partition coefficient (Wildman–Crippen LogP) is 1.58. The number of thiazole rings is 1. The van der Waals surface area contributed by atoms with E-state index in [4.69, 9.17) is 4.42 Å². The molecule has 1 amide bonds. The number of carbonyl (C=O) groups excluding carboxylic acids is 1. The number of hydrogen-bond donors (Lipinski definition) is 0. The summed E-state index contributed by atoms with van der Waals surface area (Å²) in [5, 5.41) is 1.64. The van der Waals surface area contributed by atoms with E-state index in [2.05, 4.69) is 4.98 Å². The minimum absolute atomic E-state index is 0.0542. The molecule has 0 saturated carbocycles. The normalized spacial score (nSPS) is 19.9. The van der Waals surface area contributed by atoms with Crippen molar-refractivity contribution >= 4 is 27.3 Å². The summed E-state index contributed by atoms with van der Waals surface area (Å²) >= 11 is 1.36. The minimum atomic E-state index is -3.66. The van der Waals surface area contributed by atoms with Crippen LogP contribution in [-0.2, 0) is 10.0 Å². The van der Waals surface area contributed by atoms with Crippen LogP contribution in [0.25, 0.3) is 0 Å². The third kappa shape index (κ3) is 3.04. The molecule has 1 aliphatic rings. The number of hydrogen-bond acceptors (Lipinski definition) is 6. The molecule has 0 aromatic carbocycles. The number of rotatable bonds is 3. The zero-order chi connectivity index (χ0) is 16.6. The molecule has 7 nitrogen and oxygen atoms in total. The first kappa shape index (κ1) is 16.2. The molecule has 0 spiro atoms. The van der Waals surface area contributed by atoms with Crippen LogP contribution in [0.3, 0.4) is 0 Å². The molecule has 0 aliphatic carbocycles. The molecule has 3 rings (SSSR count). The van der Waals surface area contributed by atoms with E-state index in [1.807, 2.05) is 6.92 Å². The lowest BCUT2D eigenvalue weighted by Gasteiger charge is -2.38. The van der Waals surface area contributed by atoms with Crippen LogP contribution in [0.4, 0.5) is 0 Å². The number of aryl methyl sites for hydroxylation is 1. The van der Waals surface area contributed by atoms with Gasteiger partial charge in [-0.25, -0.2) is 13.4 Å². The Bertz CT molecular complexity index is 798. The Labute approximate surface area is 138 Å². The maximum Gasteiger partial charge on any atom is 0.276 e. The highest BCUT2D eigenvalue weighted by atomic mass is 32.2. The summed E-state index contributed by atoms with van der Waals surface area (Å²) in [6.45, 7) is 4.34. The Morgan fingerprint density at radius 2 is 2.17 bits per heavy atom. The second kappa shape index (κ2) is 6.06. The molecule has 9 heteroatoms. The number of sulfonamides is 1. The lowest BCUT2D eigenvalue weighted by molar-refractivity contribution is 0.0585. The van der Waals surface area contributed by atoms with Crippen LogP contribution >= 0.6 is 11.3 Å². The van der Waals surface area contributed by atoms with Crippen LogP contribution in [0.1, 0.15) is 23.2 Å². The van der Waals surface area contributed by atoms with Gasteiger partial charge in [0.15, 0.2) is 0 Å². The summed E-state index contributed by atoms with van der Waals surface area (Å²) in [4.78, 5) is 18.1. The highest BCUT2D eigenvalue weighted by Crippen LogP contribution is 2.22. The summed E-state index contributed by atoms with van der Waals surface area (Å²) in [7, 11) is -3.66. The van der Waals surface area contributed by atoms with E-state index in [0.29, 0.717) is 18.0 Å². The van der Waals surface area contributed by atoms with Gasteiger partial charge in [-0.3, -0.25) is 4.79 Å². The lowest BCUT2D eigenvalue weighted by atomic mass is 10.2. The van der Waals surface area contributed by atoms with Gasteiger partial charge < -0.3 is 9.32 Å². The van der Waals surface area contributed by atoms with Gasteiger partial charge >= 0.3 is 0 Å². The van der Waals surface area contributed by atoms with Crippen LogP contribution in [0.2, 0.25) is 0 Å². The molecule has 23 heavy (non-hydrogen) atoms. The zero-order valence-corrected chi connectivity index (χ0v) is 14.4. The number of amides is 1. The average molecular weight is 355 g/mol. The highest BCUT2D eigenvalue weighted by molar-refractivity contribution is 7.89. The SMILES string of the molecule is Cc1ccc(S(=O)(=O)N2CCN(C(=O)c3cscn3)[C@@H](C)C2)o1. The molecule has 0 N–H and O–H groups in total. The van der Waals surface area contributed by atoms with Gasteiger partial charge in [-0.05, 0) is 26.0 Å². The molecule has 1 fully saturated rings. The molecular weight excluding hydrogens is 338 g/mol. The van der Waals surface area contributed by atoms with Crippen LogP contribution in [0, 0.1) is 6.92 Å². The fourth-order valence-electron chi connectivity index (χ4n) is 2.59. The van der Waals surface area contributed by atoms with Crippen LogP contribution in [0.15, 0.2) is 32.5 Å². The summed E-state index contributed by atoms with van der Waals surface area (Å²) in [6.07, 6.45) is 0. The number of furan rings is 1. The number of piperazine rings is 1. The molecule has 0 bridgehead atoms. The Balaban J connectivity index is 1.75. The Morgan fingerprint density at radius 1 is 1.39 bits per heavy atom. The Hall–Kier alpha value is -1.71. The maximum atomic E-state index is 12.6. The molecule has 0 radical (unpaired) electrons. The minimum Gasteiger partial charge on any atom is -0.449 e. The first-order valence-electron chi connectivity index (χ1n) is 7.15. The molecule has 0 unspecified atom stereocenters. The van der Waals surface area contributed by atoms with Crippen molar-refractivity contribution in [3.63, 3.8) is 0 Å². The van der Waals surface area contributed by atoms with Crippen LogP contribution in [0.5, 0.6) is 0 Å². The van der Waals surface area contributed by atoms with E-state index in [-0.39, 0.29) is 30.1 Å². The van der Waals surface area contributed by atoms with E-state index in [1.54, 1.807) is 28.8 Å². The first-order valence-corrected chi connectivity index (χ1v) is 9.53. The van der Waals surface area contributed by atoms with E-state index in [9.17, 15) is 13.2 Å². The first-order chi connectivity index (χ1) is 10.9. The summed E-state index contributed by atoms with van der Waals surface area (Å²) in [5.74, 6) is 0.388. The van der Waals surface area contributed by atoms with Crippen molar-refractivity contribution in [3.05, 3.63) is 34.5 Å². The standard InChI is InChI=1S/C14H17N3O4S2/c1-10-7-16(23(19,20)13-4-3-11(2)21-13)5-6-17(10)14(18)12-8-22-9-15-12/h3-4,8-10H,5-7H2,1-2H3/t10-/m0/s1. The van der Waals surface area contributed by atoms with Gasteiger partial charge in [-0.2, -0.15) is 4.31 Å². The second-order valence-corrected chi connectivity index (χ2v) is 8.04. The number of nitrogens with zero attached hydrogens (tertiary/aromatic N) is 3. The molecule has 1 saturated heterocycles. The summed E-state index contributed by atoms with van der Waals surface area (Å²) in [6, 6.07) is 2.85. The summed E-state index contributed by atoms with van der Waals surface area (Å²) in [5.41, 5.74) is 2.01. The van der Waals surface area contributed by atoms with Crippen molar-refractivity contribution in [2.24, 2.45) is 0 Å². The highest BCUT2D eigenvalue weighted by Gasteiger charge is 2.36. The third-order valence-electron chi connectivity index (χ3n) is 3.81. The van der Waals surface area contributed by atoms with Gasteiger partial charge in [0.25, 0.3) is 15.9 Å². The molecular formula is C14H17N3O4S2. The number of carbonyl (C=O) groups is 1. The Morgan fingerprint density at radius 3 is 2.74 bits per heavy atom. The lowest BCUT2D eigenvalue weighted by Crippen LogP contribution is -2.55. The fraction of sp³-hybridized carbons (Fsp3) is 0.429. The maximum absolute atomic E-state index is 12.6. The fourth-order valence-corrected chi connectivity index (χ4v) is 4.58. The topological polar surface area (TPSA) is 83.7 Å². The van der Waals surface area contributed by atoms with E-state index in [0.717, 1.165) is 0 Å². The van der Waals surface area contributed by atoms with Crippen molar-refractivity contribution < 1.29 is 17.6 Å².